The van der Waals surface area contributed by atoms with Crippen molar-refractivity contribution in [2.24, 2.45) is 0 Å². The van der Waals surface area contributed by atoms with Crippen LogP contribution in [0.2, 0.25) is 0 Å². The molecule has 24 nitrogen and oxygen atoms in total. The first kappa shape index (κ1) is 92.8. The molecule has 0 saturated carbocycles. The molecule has 26 heteroatoms. The molecule has 0 bridgehead atoms. The summed E-state index contributed by atoms with van der Waals surface area (Å²) in [6.07, 6.45) is 7.97. The van der Waals surface area contributed by atoms with Gasteiger partial charge in [0.25, 0.3) is 11.1 Å². The van der Waals surface area contributed by atoms with Crippen LogP contribution in [0.15, 0.2) is 141 Å². The van der Waals surface area contributed by atoms with Crippen molar-refractivity contribution < 1.29 is 18.7 Å². The van der Waals surface area contributed by atoms with Gasteiger partial charge in [-0.2, -0.15) is 10.5 Å². The first-order chi connectivity index (χ1) is 54.7. The molecule has 1 N–H and O–H groups in total. The van der Waals surface area contributed by atoms with E-state index in [4.69, 9.17) is 54.0 Å². The van der Waals surface area contributed by atoms with Gasteiger partial charge < -0.3 is 18.7 Å². The van der Waals surface area contributed by atoms with Crippen LogP contribution in [-0.2, 0) is 65.9 Å². The summed E-state index contributed by atoms with van der Waals surface area (Å²) in [5.41, 5.74) is 10.3. The molecule has 8 heterocycles. The third-order valence-electron chi connectivity index (χ3n) is 18.7. The van der Waals surface area contributed by atoms with Crippen LogP contribution >= 0.6 is 16.5 Å². The molecule has 0 aromatic carbocycles. The van der Waals surface area contributed by atoms with Crippen molar-refractivity contribution >= 4 is 16.5 Å². The van der Waals surface area contributed by atoms with Crippen molar-refractivity contribution in [3.8, 4) is 81.4 Å². The monoisotopic (exact) mass is 1580 g/mol. The molecule has 3 atom stereocenters. The second-order valence-corrected chi connectivity index (χ2v) is 30.3. The number of rotatable bonds is 42. The summed E-state index contributed by atoms with van der Waals surface area (Å²) < 4.78 is 22.2. The Hall–Kier alpha value is -9.10. The zero-order chi connectivity index (χ0) is 81.9. The number of aliphatic hydroxyl groups is 1. The molecule has 0 saturated heterocycles. The Kier molecular flexibility index (Phi) is 42.4. The number of nitrogens with zero attached hydrogens (tertiary/aromatic N) is 16. The van der Waals surface area contributed by atoms with Gasteiger partial charge in [-0.3, -0.25) is 47.5 Å². The molecule has 3 unspecified atom stereocenters. The van der Waals surface area contributed by atoms with E-state index in [1.54, 1.807) is 0 Å². The number of hydrogen-bond donors (Lipinski definition) is 1. The van der Waals surface area contributed by atoms with Gasteiger partial charge in [0.2, 0.25) is 0 Å². The summed E-state index contributed by atoms with van der Waals surface area (Å²) in [5.74, 6) is 13.3. The molecule has 0 aliphatic rings. The second-order valence-electron chi connectivity index (χ2n) is 27.1. The van der Waals surface area contributed by atoms with Crippen molar-refractivity contribution in [2.45, 2.75) is 198 Å². The fourth-order valence-corrected chi connectivity index (χ4v) is 13.4. The van der Waals surface area contributed by atoms with Crippen molar-refractivity contribution in [1.29, 1.82) is 10.5 Å². The van der Waals surface area contributed by atoms with Gasteiger partial charge in [0.15, 0.2) is 8.38 Å². The van der Waals surface area contributed by atoms with Crippen molar-refractivity contribution in [1.82, 2.24) is 67.8 Å². The lowest BCUT2D eigenvalue weighted by molar-refractivity contribution is 0.147. The van der Waals surface area contributed by atoms with Crippen LogP contribution in [0.4, 0.5) is 0 Å². The third kappa shape index (κ3) is 32.0. The first-order valence-corrected chi connectivity index (χ1v) is 43.7. The minimum absolute atomic E-state index is 0.169. The molecule has 604 valence electrons. The van der Waals surface area contributed by atoms with E-state index in [0.717, 1.165) is 164 Å². The van der Waals surface area contributed by atoms with Gasteiger partial charge >= 0.3 is 11.4 Å². The van der Waals surface area contributed by atoms with Gasteiger partial charge in [0.05, 0.1) is 132 Å². The summed E-state index contributed by atoms with van der Waals surface area (Å²) in [6.45, 7) is 39.6. The maximum absolute atomic E-state index is 13.3. The third-order valence-corrected chi connectivity index (χ3v) is 20.6. The van der Waals surface area contributed by atoms with E-state index in [9.17, 15) is 24.3 Å². The van der Waals surface area contributed by atoms with Crippen molar-refractivity contribution in [2.75, 3.05) is 85.6 Å². The van der Waals surface area contributed by atoms with Gasteiger partial charge in [-0.25, -0.2) is 39.5 Å². The maximum Gasteiger partial charge on any atom is 0.331 e. The van der Waals surface area contributed by atoms with Gasteiger partial charge in [-0.15, -0.1) is 0 Å². The number of hydrogen-bond acceptors (Lipinski definition) is 20. The molecule has 0 aliphatic carbocycles. The average molecular weight is 1580 g/mol. The Morgan fingerprint density at radius 2 is 0.779 bits per heavy atom. The van der Waals surface area contributed by atoms with E-state index in [2.05, 4.69) is 129 Å². The smallest absolute Gasteiger partial charge is 0.331 e. The molecule has 8 aromatic heterocycles. The van der Waals surface area contributed by atoms with Crippen LogP contribution < -0.4 is 22.5 Å². The van der Waals surface area contributed by atoms with Gasteiger partial charge in [-0.1, -0.05) is 117 Å². The number of aromatic nitrogens is 10. The lowest BCUT2D eigenvalue weighted by Crippen LogP contribution is -2.40. The highest BCUT2D eigenvalue weighted by atomic mass is 31.2. The van der Waals surface area contributed by atoms with E-state index < -0.39 is 20.2 Å². The Morgan fingerprint density at radius 1 is 0.434 bits per heavy atom. The maximum atomic E-state index is 13.3. The molecule has 8 rings (SSSR count). The summed E-state index contributed by atoms with van der Waals surface area (Å²) >= 11 is 0. The fourth-order valence-electron chi connectivity index (χ4n) is 11.9. The molecule has 0 radical (unpaired) electrons. The van der Waals surface area contributed by atoms with Gasteiger partial charge in [0.1, 0.15) is 0 Å². The average Bonchev–Trinajstić information content (AvgIpc) is 0.822. The summed E-state index contributed by atoms with van der Waals surface area (Å²) in [7, 11) is -1.45. The van der Waals surface area contributed by atoms with Gasteiger partial charge in [0, 0.05) is 103 Å². The van der Waals surface area contributed by atoms with E-state index in [-0.39, 0.29) is 37.6 Å². The lowest BCUT2D eigenvalue weighted by Gasteiger charge is -2.21. The summed E-state index contributed by atoms with van der Waals surface area (Å²) in [6, 6.07) is 39.1. The van der Waals surface area contributed by atoms with E-state index in [0.29, 0.717) is 90.6 Å². The molecule has 0 fully saturated rings. The van der Waals surface area contributed by atoms with Crippen LogP contribution in [-0.4, -0.2) is 171 Å². The van der Waals surface area contributed by atoms with Crippen LogP contribution in [0.3, 0.4) is 0 Å². The largest absolute Gasteiger partial charge is 0.391 e. The highest BCUT2D eigenvalue weighted by Crippen LogP contribution is 2.36. The van der Waals surface area contributed by atoms with Gasteiger partial charge in [-0.05, 0) is 177 Å². The van der Waals surface area contributed by atoms with Crippen molar-refractivity contribution in [3.05, 3.63) is 197 Å². The zero-order valence-corrected chi connectivity index (χ0v) is 70.6. The first-order valence-electron chi connectivity index (χ1n) is 39.9. The predicted octanol–water partition coefficient (Wildman–Crippen LogP) is 13.9. The minimum atomic E-state index is -1.19. The van der Waals surface area contributed by atoms with Crippen molar-refractivity contribution in [3.63, 3.8) is 0 Å². The van der Waals surface area contributed by atoms with Crippen LogP contribution in [0, 0.1) is 46.3 Å². The van der Waals surface area contributed by atoms with E-state index in [1.807, 2.05) is 113 Å². The Labute approximate surface area is 672 Å². The fraction of sp³-hybridized carbons (Fsp3) is 0.494. The second kappa shape index (κ2) is 51.6. The van der Waals surface area contributed by atoms with Crippen LogP contribution in [0.25, 0.3) is 45.6 Å². The minimum Gasteiger partial charge on any atom is -0.391 e. The highest BCUT2D eigenvalue weighted by molar-refractivity contribution is 7.50. The topological polar surface area (TPSA) is 274 Å². The molecule has 8 aromatic rings. The number of nitriles is 2. The van der Waals surface area contributed by atoms with E-state index >= 15 is 0 Å². The predicted molar refractivity (Wildman–Crippen MR) is 455 cm³/mol. The zero-order valence-electron chi connectivity index (χ0n) is 68.9. The molecular weight excluding hydrogens is 1460 g/mol. The SMILES string of the molecule is CCC(Cn1ccc(=O)n(CCCCC#Cc2cc(-c3cccc(CN(CC)CC)n3)nc(-c3cccc(CN(CC)CC)n3)c2)c1=O)OP(C)OCCC#N.CCC(O)Cn1ccc(=O)n(CCCCC#Cc2cc(-c3cccc(CN(CC)CC)n3)nc(-c3cccc(CN(CC)CC)n3)c2)c1=O.CP(C)OCCC#N. The summed E-state index contributed by atoms with van der Waals surface area (Å²) in [5, 5.41) is 26.8. The normalized spacial score (nSPS) is 11.9. The van der Waals surface area contributed by atoms with Crippen LogP contribution in [0.5, 0.6) is 0 Å². The molecule has 0 spiro atoms. The number of pyridine rings is 6. The number of unbranched alkanes of at least 4 members (excludes halogenated alkanes) is 4. The molecular formula is C87H118N16O8P2. The molecule has 0 aliphatic heterocycles. The Bertz CT molecular complexity index is 4530. The highest BCUT2D eigenvalue weighted by Gasteiger charge is 2.19. The Morgan fingerprint density at radius 3 is 1.10 bits per heavy atom. The molecule has 0 amide bonds. The van der Waals surface area contributed by atoms with E-state index in [1.165, 1.54) is 42.8 Å². The quantitative estimate of drug-likeness (QED) is 0.0211. The van der Waals surface area contributed by atoms with Crippen LogP contribution in [0.1, 0.15) is 167 Å². The standard InChI is InChI=1S/C43H57N8O4P.C39H51N7O3.C5H10NOP/c1-7-37(55-56(6)54-28-18-25-44)33-50-27-24-42(52)51(43(50)53)26-15-13-12-14-19-34-29-40(38-22-16-20-35(45-38)31-48(8-2)9-3)47-41(30-34)39-23-17-21-36(46-39)32-49(10-4)11-5;1-6-33(47)29-45-24-22-38(48)46(39(45)49)23-14-12-11-13-17-30-25-36(34-20-15-18-31(40-34)27-43(7-2)8-3)42-37(26-30)35-21-16-19-32(41-35)28-44(9-4)10-5;1-8(2)7-5-3-4-6/h16-17,20-24,27,29-30,37H,7-13,15,18,26,28,31-33H2,1-6H3;15-16,18-22,24-26,33,47H,6-12,14,23,27-29H2,1-5H3;3,5H2,1-2H3. The molecule has 113 heavy (non-hydrogen) atoms. The Balaban J connectivity index is 0.000000323. The lowest BCUT2D eigenvalue weighted by atomic mass is 10.1. The summed E-state index contributed by atoms with van der Waals surface area (Å²) in [4.78, 5) is 90.6. The number of aliphatic hydroxyl groups excluding tert-OH is 1.